The average Bonchev–Trinajstić information content (AvgIpc) is 3.24. The molecule has 22 heavy (non-hydrogen) atoms. The van der Waals surface area contributed by atoms with Gasteiger partial charge in [-0.25, -0.2) is 8.42 Å². The summed E-state index contributed by atoms with van der Waals surface area (Å²) in [4.78, 5) is 0.781. The molecule has 1 aliphatic rings. The van der Waals surface area contributed by atoms with Crippen LogP contribution in [0.5, 0.6) is 0 Å². The molecule has 0 saturated carbocycles. The summed E-state index contributed by atoms with van der Waals surface area (Å²) in [6, 6.07) is 3.43. The molecule has 0 unspecified atom stereocenters. The van der Waals surface area contributed by atoms with E-state index < -0.39 is 10.0 Å². The fourth-order valence-electron chi connectivity index (χ4n) is 2.62. The summed E-state index contributed by atoms with van der Waals surface area (Å²) in [5.74, 6) is 0.293. The Hall–Kier alpha value is -1.36. The summed E-state index contributed by atoms with van der Waals surface area (Å²) in [7, 11) is -3.33. The van der Waals surface area contributed by atoms with Crippen molar-refractivity contribution in [3.05, 3.63) is 28.8 Å². The van der Waals surface area contributed by atoms with Gasteiger partial charge in [-0.1, -0.05) is 17.4 Å². The van der Waals surface area contributed by atoms with Crippen molar-refractivity contribution in [2.45, 2.75) is 23.0 Å². The molecule has 4 rings (SSSR count). The quantitative estimate of drug-likeness (QED) is 0.716. The highest BCUT2D eigenvalue weighted by atomic mass is 32.2. The number of hydrogen-bond acceptors (Lipinski definition) is 7. The molecule has 1 saturated heterocycles. The van der Waals surface area contributed by atoms with Crippen molar-refractivity contribution < 1.29 is 8.42 Å². The number of sulfonamides is 1. The largest absolute Gasteiger partial charge is 0.252 e. The van der Waals surface area contributed by atoms with Gasteiger partial charge in [0.1, 0.15) is 15.5 Å². The predicted octanol–water partition coefficient (Wildman–Crippen LogP) is 1.82. The first-order valence-corrected chi connectivity index (χ1v) is 9.98. The highest BCUT2D eigenvalue weighted by Crippen LogP contribution is 2.33. The lowest BCUT2D eigenvalue weighted by molar-refractivity contribution is 0.319. The molecule has 0 bridgehead atoms. The summed E-state index contributed by atoms with van der Waals surface area (Å²) < 4.78 is 28.7. The molecule has 1 fully saturated rings. The van der Waals surface area contributed by atoms with E-state index in [4.69, 9.17) is 0 Å². The maximum absolute atomic E-state index is 12.5. The van der Waals surface area contributed by atoms with Crippen molar-refractivity contribution in [3.8, 4) is 0 Å². The van der Waals surface area contributed by atoms with Gasteiger partial charge in [-0.2, -0.15) is 13.9 Å². The minimum absolute atomic E-state index is 0.293. The standard InChI is InChI=1S/C12H13N5O2S3/c18-22(19,10-2-1-7-20-10)16-5-3-9(4-6-16)11-15-17-8-13-14-12(17)21-11/h1-2,7-9H,3-6H2. The summed E-state index contributed by atoms with van der Waals surface area (Å²) >= 11 is 2.80. The topological polar surface area (TPSA) is 80.5 Å². The Morgan fingerprint density at radius 2 is 2.09 bits per heavy atom. The number of nitrogens with zero attached hydrogens (tertiary/aromatic N) is 5. The Labute approximate surface area is 135 Å². The zero-order valence-corrected chi connectivity index (χ0v) is 13.9. The first kappa shape index (κ1) is 14.2. The molecule has 0 N–H and O–H groups in total. The van der Waals surface area contributed by atoms with Crippen LogP contribution in [0.15, 0.2) is 28.0 Å². The van der Waals surface area contributed by atoms with Crippen molar-refractivity contribution in [2.75, 3.05) is 13.1 Å². The molecule has 0 aromatic carbocycles. The maximum atomic E-state index is 12.5. The van der Waals surface area contributed by atoms with Crippen molar-refractivity contribution in [1.29, 1.82) is 0 Å². The Bertz CT molecular complexity index is 847. The molecular formula is C12H13N5O2S3. The summed E-state index contributed by atoms with van der Waals surface area (Å²) in [5, 5.41) is 15.1. The number of piperidine rings is 1. The third-order valence-corrected chi connectivity index (χ3v) is 8.14. The minimum Gasteiger partial charge on any atom is -0.206 e. The molecule has 4 heterocycles. The van der Waals surface area contributed by atoms with Crippen LogP contribution in [0, 0.1) is 0 Å². The normalized spacial score (nSPS) is 18.2. The molecule has 0 aliphatic carbocycles. The van der Waals surface area contributed by atoms with E-state index in [2.05, 4.69) is 15.3 Å². The van der Waals surface area contributed by atoms with Crippen molar-refractivity contribution in [1.82, 2.24) is 24.1 Å². The molecule has 3 aromatic rings. The average molecular weight is 355 g/mol. The second kappa shape index (κ2) is 5.37. The maximum Gasteiger partial charge on any atom is 0.252 e. The van der Waals surface area contributed by atoms with Crippen molar-refractivity contribution in [2.24, 2.45) is 0 Å². The Morgan fingerprint density at radius 1 is 1.27 bits per heavy atom. The van der Waals surface area contributed by atoms with E-state index >= 15 is 0 Å². The fraction of sp³-hybridized carbons (Fsp3) is 0.417. The lowest BCUT2D eigenvalue weighted by Gasteiger charge is -2.29. The Morgan fingerprint density at radius 3 is 2.77 bits per heavy atom. The van der Waals surface area contributed by atoms with Crippen LogP contribution in [0.25, 0.3) is 4.96 Å². The third kappa shape index (κ3) is 2.35. The van der Waals surface area contributed by atoms with Crippen LogP contribution >= 0.6 is 22.7 Å². The summed E-state index contributed by atoms with van der Waals surface area (Å²) in [6.45, 7) is 1.07. The van der Waals surface area contributed by atoms with Gasteiger partial charge in [0.05, 0.1) is 0 Å². The molecule has 1 aliphatic heterocycles. The van der Waals surface area contributed by atoms with Crippen LogP contribution in [0.2, 0.25) is 0 Å². The Kier molecular flexibility index (Phi) is 3.48. The van der Waals surface area contributed by atoms with E-state index in [1.807, 2.05) is 0 Å². The van der Waals surface area contributed by atoms with Crippen LogP contribution in [0.4, 0.5) is 0 Å². The SMILES string of the molecule is O=S(=O)(c1cccs1)N1CCC(c2nn3cnnc3s2)CC1. The fourth-order valence-corrected chi connectivity index (χ4v) is 6.22. The molecule has 7 nitrogen and oxygen atoms in total. The van der Waals surface area contributed by atoms with Gasteiger partial charge in [0.15, 0.2) is 0 Å². The van der Waals surface area contributed by atoms with E-state index in [0.717, 1.165) is 22.8 Å². The van der Waals surface area contributed by atoms with Gasteiger partial charge in [-0.3, -0.25) is 0 Å². The van der Waals surface area contributed by atoms with E-state index in [9.17, 15) is 8.42 Å². The van der Waals surface area contributed by atoms with E-state index in [0.29, 0.717) is 23.2 Å². The number of fused-ring (bicyclic) bond motifs is 1. The number of aromatic nitrogens is 4. The zero-order chi connectivity index (χ0) is 15.2. The van der Waals surface area contributed by atoms with Gasteiger partial charge in [0, 0.05) is 19.0 Å². The molecule has 0 amide bonds. The molecule has 10 heteroatoms. The first-order chi connectivity index (χ1) is 10.6. The molecule has 0 spiro atoms. The van der Waals surface area contributed by atoms with Crippen LogP contribution < -0.4 is 0 Å². The molecule has 0 atom stereocenters. The van der Waals surface area contributed by atoms with Gasteiger partial charge in [0.2, 0.25) is 4.96 Å². The van der Waals surface area contributed by atoms with Gasteiger partial charge >= 0.3 is 0 Å². The smallest absolute Gasteiger partial charge is 0.206 e. The molecular weight excluding hydrogens is 342 g/mol. The first-order valence-electron chi connectivity index (χ1n) is 6.85. The number of hydrogen-bond donors (Lipinski definition) is 0. The Balaban J connectivity index is 1.49. The zero-order valence-electron chi connectivity index (χ0n) is 11.5. The summed E-state index contributed by atoms with van der Waals surface area (Å²) in [6.07, 6.45) is 3.16. The van der Waals surface area contributed by atoms with Gasteiger partial charge in [-0.05, 0) is 24.3 Å². The monoisotopic (exact) mass is 355 g/mol. The molecule has 116 valence electrons. The van der Waals surface area contributed by atoms with Gasteiger partial charge < -0.3 is 0 Å². The third-order valence-electron chi connectivity index (χ3n) is 3.79. The van der Waals surface area contributed by atoms with Gasteiger partial charge in [0.25, 0.3) is 10.0 Å². The van der Waals surface area contributed by atoms with Gasteiger partial charge in [-0.15, -0.1) is 21.5 Å². The van der Waals surface area contributed by atoms with E-state index in [1.54, 1.807) is 32.7 Å². The van der Waals surface area contributed by atoms with Crippen molar-refractivity contribution in [3.63, 3.8) is 0 Å². The van der Waals surface area contributed by atoms with Crippen LogP contribution in [-0.2, 0) is 10.0 Å². The lowest BCUT2D eigenvalue weighted by atomic mass is 9.99. The molecule has 3 aromatic heterocycles. The molecule has 0 radical (unpaired) electrons. The predicted molar refractivity (Wildman–Crippen MR) is 83.7 cm³/mol. The van der Waals surface area contributed by atoms with Crippen LogP contribution in [0.3, 0.4) is 0 Å². The second-order valence-corrected chi connectivity index (χ2v) is 9.21. The number of rotatable bonds is 3. The van der Waals surface area contributed by atoms with E-state index in [-0.39, 0.29) is 0 Å². The highest BCUT2D eigenvalue weighted by Gasteiger charge is 2.31. The second-order valence-electron chi connectivity index (χ2n) is 5.11. The number of thiophene rings is 1. The van der Waals surface area contributed by atoms with Crippen molar-refractivity contribution >= 4 is 37.7 Å². The van der Waals surface area contributed by atoms with Crippen LogP contribution in [0.1, 0.15) is 23.8 Å². The lowest BCUT2D eigenvalue weighted by Crippen LogP contribution is -2.37. The minimum atomic E-state index is -3.33. The summed E-state index contributed by atoms with van der Waals surface area (Å²) in [5.41, 5.74) is 0. The van der Waals surface area contributed by atoms with Crippen LogP contribution in [-0.4, -0.2) is 45.6 Å². The van der Waals surface area contributed by atoms with E-state index in [1.165, 1.54) is 22.7 Å². The highest BCUT2D eigenvalue weighted by molar-refractivity contribution is 7.91.